The Bertz CT molecular complexity index is 678. The predicted octanol–water partition coefficient (Wildman–Crippen LogP) is 2.38. The van der Waals surface area contributed by atoms with Crippen LogP contribution in [0.4, 0.5) is 0 Å². The number of aliphatic hydroxyl groups is 1. The van der Waals surface area contributed by atoms with Crippen molar-refractivity contribution in [1.82, 2.24) is 4.72 Å². The molecule has 0 aliphatic rings. The molecule has 0 aliphatic carbocycles. The summed E-state index contributed by atoms with van der Waals surface area (Å²) in [6.07, 6.45) is 0. The number of thiophene rings is 1. The summed E-state index contributed by atoms with van der Waals surface area (Å²) in [5.74, 6) is 0. The van der Waals surface area contributed by atoms with Gasteiger partial charge in [-0.2, -0.15) is 0 Å². The van der Waals surface area contributed by atoms with Gasteiger partial charge in [0, 0.05) is 9.75 Å². The summed E-state index contributed by atoms with van der Waals surface area (Å²) in [6.45, 7) is 3.37. The average molecular weight is 311 g/mol. The Morgan fingerprint density at radius 2 is 1.90 bits per heavy atom. The van der Waals surface area contributed by atoms with Gasteiger partial charge in [-0.1, -0.05) is 30.3 Å². The zero-order valence-corrected chi connectivity index (χ0v) is 13.0. The molecule has 6 heteroatoms. The van der Waals surface area contributed by atoms with E-state index in [4.69, 9.17) is 0 Å². The first-order valence-corrected chi connectivity index (χ1v) is 8.49. The van der Waals surface area contributed by atoms with Gasteiger partial charge in [0.2, 0.25) is 10.0 Å². The van der Waals surface area contributed by atoms with Crippen LogP contribution >= 0.6 is 11.3 Å². The maximum atomic E-state index is 12.4. The van der Waals surface area contributed by atoms with Gasteiger partial charge in [0.05, 0.1) is 17.5 Å². The van der Waals surface area contributed by atoms with E-state index in [0.717, 1.165) is 15.3 Å². The fourth-order valence-corrected chi connectivity index (χ4v) is 4.79. The Morgan fingerprint density at radius 3 is 2.40 bits per heavy atom. The van der Waals surface area contributed by atoms with Crippen molar-refractivity contribution in [2.45, 2.75) is 24.8 Å². The second kappa shape index (κ2) is 6.05. The van der Waals surface area contributed by atoms with Crippen LogP contribution in [0.5, 0.6) is 0 Å². The quantitative estimate of drug-likeness (QED) is 0.891. The molecule has 1 heterocycles. The summed E-state index contributed by atoms with van der Waals surface area (Å²) in [6, 6.07) is 10.1. The van der Waals surface area contributed by atoms with Gasteiger partial charge in [-0.25, -0.2) is 13.1 Å². The third-order valence-corrected chi connectivity index (χ3v) is 5.66. The molecule has 0 spiro atoms. The first kappa shape index (κ1) is 15.2. The summed E-state index contributed by atoms with van der Waals surface area (Å²) < 4.78 is 27.3. The van der Waals surface area contributed by atoms with Crippen LogP contribution in [0.2, 0.25) is 0 Å². The Labute approximate surface area is 123 Å². The Balaban J connectivity index is 2.29. The lowest BCUT2D eigenvalue weighted by molar-refractivity contribution is 0.259. The highest BCUT2D eigenvalue weighted by Crippen LogP contribution is 2.26. The molecule has 0 saturated heterocycles. The summed E-state index contributed by atoms with van der Waals surface area (Å²) in [7, 11) is -3.63. The maximum Gasteiger partial charge on any atom is 0.242 e. The summed E-state index contributed by atoms with van der Waals surface area (Å²) in [5.41, 5.74) is 0.739. The van der Waals surface area contributed by atoms with E-state index in [1.807, 2.05) is 25.1 Å². The minimum Gasteiger partial charge on any atom is -0.394 e. The second-order valence-electron chi connectivity index (χ2n) is 4.54. The molecule has 0 radical (unpaired) electrons. The lowest BCUT2D eigenvalue weighted by Crippen LogP contribution is -2.31. The van der Waals surface area contributed by atoms with E-state index in [0.29, 0.717) is 0 Å². The van der Waals surface area contributed by atoms with Crippen LogP contribution in [-0.2, 0) is 10.0 Å². The topological polar surface area (TPSA) is 66.4 Å². The average Bonchev–Trinajstić information content (AvgIpc) is 2.77. The van der Waals surface area contributed by atoms with Crippen LogP contribution in [0.1, 0.15) is 21.4 Å². The highest BCUT2D eigenvalue weighted by atomic mass is 32.2. The van der Waals surface area contributed by atoms with E-state index >= 15 is 0 Å². The van der Waals surface area contributed by atoms with Crippen molar-refractivity contribution in [2.75, 3.05) is 6.61 Å². The molecule has 1 aromatic carbocycles. The fraction of sp³-hybridized carbons (Fsp3) is 0.286. The molecule has 0 unspecified atom stereocenters. The largest absolute Gasteiger partial charge is 0.394 e. The second-order valence-corrected chi connectivity index (χ2v) is 7.69. The van der Waals surface area contributed by atoms with Gasteiger partial charge in [-0.15, -0.1) is 11.3 Å². The van der Waals surface area contributed by atoms with Crippen molar-refractivity contribution in [3.8, 4) is 0 Å². The van der Waals surface area contributed by atoms with Crippen molar-refractivity contribution >= 4 is 21.4 Å². The van der Waals surface area contributed by atoms with Crippen LogP contribution in [0.15, 0.2) is 41.3 Å². The highest BCUT2D eigenvalue weighted by molar-refractivity contribution is 7.89. The normalized spacial score (nSPS) is 13.3. The number of hydrogen-bond donors (Lipinski definition) is 2. The van der Waals surface area contributed by atoms with Crippen molar-refractivity contribution in [2.24, 2.45) is 0 Å². The molecule has 20 heavy (non-hydrogen) atoms. The standard InChI is InChI=1S/C14H17NO3S2/c1-10-8-14(11(2)19-10)20(17,18)15-13(9-16)12-6-4-3-5-7-12/h3-8,13,15-16H,9H2,1-2H3/t13-/m0/s1. The molecule has 2 rings (SSSR count). The van der Waals surface area contributed by atoms with Crippen molar-refractivity contribution < 1.29 is 13.5 Å². The fourth-order valence-electron chi connectivity index (χ4n) is 2.02. The first-order valence-electron chi connectivity index (χ1n) is 6.19. The molecule has 1 aromatic heterocycles. The third kappa shape index (κ3) is 3.27. The van der Waals surface area contributed by atoms with Crippen LogP contribution in [0.25, 0.3) is 0 Å². The zero-order valence-electron chi connectivity index (χ0n) is 11.3. The number of benzene rings is 1. The number of rotatable bonds is 5. The van der Waals surface area contributed by atoms with Gasteiger partial charge in [0.15, 0.2) is 0 Å². The predicted molar refractivity (Wildman–Crippen MR) is 80.4 cm³/mol. The van der Waals surface area contributed by atoms with E-state index in [1.165, 1.54) is 11.3 Å². The smallest absolute Gasteiger partial charge is 0.242 e. The van der Waals surface area contributed by atoms with E-state index < -0.39 is 16.1 Å². The Kier molecular flexibility index (Phi) is 4.59. The summed E-state index contributed by atoms with van der Waals surface area (Å²) in [4.78, 5) is 1.98. The van der Waals surface area contributed by atoms with Gasteiger partial charge >= 0.3 is 0 Å². The zero-order chi connectivity index (χ0) is 14.8. The van der Waals surface area contributed by atoms with E-state index in [9.17, 15) is 13.5 Å². The Morgan fingerprint density at radius 1 is 1.25 bits per heavy atom. The van der Waals surface area contributed by atoms with Gasteiger partial charge < -0.3 is 5.11 Å². The minimum absolute atomic E-state index is 0.286. The monoisotopic (exact) mass is 311 g/mol. The maximum absolute atomic E-state index is 12.4. The SMILES string of the molecule is Cc1cc(S(=O)(=O)N[C@@H](CO)c2ccccc2)c(C)s1. The van der Waals surface area contributed by atoms with Gasteiger partial charge in [-0.3, -0.25) is 0 Å². The van der Waals surface area contributed by atoms with Gasteiger partial charge in [0.25, 0.3) is 0 Å². The van der Waals surface area contributed by atoms with Gasteiger partial charge in [0.1, 0.15) is 0 Å². The molecule has 0 fully saturated rings. The first-order chi connectivity index (χ1) is 9.44. The molecule has 0 amide bonds. The number of aryl methyl sites for hydroxylation is 2. The molecule has 1 atom stereocenters. The number of hydrogen-bond acceptors (Lipinski definition) is 4. The van der Waals surface area contributed by atoms with Crippen LogP contribution < -0.4 is 4.72 Å². The lowest BCUT2D eigenvalue weighted by atomic mass is 10.1. The molecule has 4 nitrogen and oxygen atoms in total. The van der Waals surface area contributed by atoms with Gasteiger partial charge in [-0.05, 0) is 25.5 Å². The molecule has 0 bridgehead atoms. The molecular weight excluding hydrogens is 294 g/mol. The highest BCUT2D eigenvalue weighted by Gasteiger charge is 2.23. The van der Waals surface area contributed by atoms with Crippen LogP contribution in [0, 0.1) is 13.8 Å². The number of nitrogens with one attached hydrogen (secondary N) is 1. The molecule has 108 valence electrons. The lowest BCUT2D eigenvalue weighted by Gasteiger charge is -2.16. The Hall–Kier alpha value is -1.21. The van der Waals surface area contributed by atoms with Crippen molar-refractivity contribution in [3.63, 3.8) is 0 Å². The molecule has 0 aliphatic heterocycles. The number of aliphatic hydroxyl groups excluding tert-OH is 1. The third-order valence-electron chi connectivity index (χ3n) is 2.97. The minimum atomic E-state index is -3.63. The molecular formula is C14H17NO3S2. The number of sulfonamides is 1. The molecule has 2 N–H and O–H groups in total. The van der Waals surface area contributed by atoms with Crippen molar-refractivity contribution in [1.29, 1.82) is 0 Å². The van der Waals surface area contributed by atoms with E-state index in [-0.39, 0.29) is 11.5 Å². The van der Waals surface area contributed by atoms with Crippen LogP contribution in [-0.4, -0.2) is 20.1 Å². The molecule has 2 aromatic rings. The van der Waals surface area contributed by atoms with Crippen LogP contribution in [0.3, 0.4) is 0 Å². The van der Waals surface area contributed by atoms with E-state index in [1.54, 1.807) is 25.1 Å². The summed E-state index contributed by atoms with van der Waals surface area (Å²) >= 11 is 1.44. The summed E-state index contributed by atoms with van der Waals surface area (Å²) in [5, 5.41) is 9.44. The van der Waals surface area contributed by atoms with Crippen molar-refractivity contribution in [3.05, 3.63) is 51.7 Å². The molecule has 0 saturated carbocycles. The van der Waals surface area contributed by atoms with E-state index in [2.05, 4.69) is 4.72 Å².